The van der Waals surface area contributed by atoms with Crippen molar-refractivity contribution in [3.05, 3.63) is 53.6 Å². The molecule has 2 N–H and O–H groups in total. The summed E-state index contributed by atoms with van der Waals surface area (Å²) in [6.45, 7) is 3.41. The van der Waals surface area contributed by atoms with Crippen molar-refractivity contribution in [2.24, 2.45) is 0 Å². The summed E-state index contributed by atoms with van der Waals surface area (Å²) in [5, 5.41) is 0. The molecule has 0 fully saturated rings. The maximum atomic E-state index is 13.8. The minimum atomic E-state index is -0.740. The Balaban J connectivity index is 2.55. The zero-order valence-corrected chi connectivity index (χ0v) is 11.7. The fraction of sp³-hybridized carbons (Fsp3) is 0.188. The number of halogens is 2. The van der Waals surface area contributed by atoms with E-state index in [1.807, 2.05) is 0 Å². The van der Waals surface area contributed by atoms with E-state index in [4.69, 9.17) is 10.5 Å². The number of carbonyl (C=O) groups is 1. The van der Waals surface area contributed by atoms with Gasteiger partial charge in [0.05, 0.1) is 22.9 Å². The second-order valence-electron chi connectivity index (χ2n) is 4.82. The van der Waals surface area contributed by atoms with Crippen molar-refractivity contribution in [3.8, 4) is 11.1 Å². The van der Waals surface area contributed by atoms with E-state index in [1.165, 1.54) is 24.3 Å². The Kier molecular flexibility index (Phi) is 4.21. The molecule has 0 saturated heterocycles. The molecular weight excluding hydrogens is 276 g/mol. The molecule has 0 aliphatic carbocycles. The summed E-state index contributed by atoms with van der Waals surface area (Å²) in [6, 6.07) is 7.97. The number of nitrogens with two attached hydrogens (primary N) is 1. The number of carbonyl (C=O) groups excluding carboxylic acids is 1. The van der Waals surface area contributed by atoms with Crippen LogP contribution in [0.15, 0.2) is 36.4 Å². The van der Waals surface area contributed by atoms with Gasteiger partial charge < -0.3 is 10.5 Å². The number of anilines is 1. The van der Waals surface area contributed by atoms with E-state index in [-0.39, 0.29) is 28.5 Å². The molecular formula is C16H15F2NO2. The first-order valence-corrected chi connectivity index (χ1v) is 6.45. The molecule has 0 bridgehead atoms. The number of benzene rings is 2. The van der Waals surface area contributed by atoms with Gasteiger partial charge >= 0.3 is 5.97 Å². The third kappa shape index (κ3) is 3.02. The van der Waals surface area contributed by atoms with E-state index < -0.39 is 17.6 Å². The van der Waals surface area contributed by atoms with Crippen LogP contribution in [0, 0.1) is 11.6 Å². The average molecular weight is 291 g/mol. The first-order chi connectivity index (χ1) is 9.91. The number of hydrogen-bond acceptors (Lipinski definition) is 3. The van der Waals surface area contributed by atoms with Gasteiger partial charge in [-0.2, -0.15) is 0 Å². The van der Waals surface area contributed by atoms with E-state index in [1.54, 1.807) is 13.8 Å². The maximum Gasteiger partial charge on any atom is 0.340 e. The summed E-state index contributed by atoms with van der Waals surface area (Å²) in [4.78, 5) is 11.9. The summed E-state index contributed by atoms with van der Waals surface area (Å²) >= 11 is 0. The van der Waals surface area contributed by atoms with Crippen molar-refractivity contribution >= 4 is 11.7 Å². The smallest absolute Gasteiger partial charge is 0.340 e. The van der Waals surface area contributed by atoms with Gasteiger partial charge in [-0.15, -0.1) is 0 Å². The van der Waals surface area contributed by atoms with Gasteiger partial charge in [-0.25, -0.2) is 13.6 Å². The maximum absolute atomic E-state index is 13.8. The lowest BCUT2D eigenvalue weighted by molar-refractivity contribution is 0.0379. The summed E-state index contributed by atoms with van der Waals surface area (Å²) < 4.78 is 32.8. The highest BCUT2D eigenvalue weighted by molar-refractivity contribution is 5.99. The van der Waals surface area contributed by atoms with Gasteiger partial charge in [-0.05, 0) is 32.0 Å². The van der Waals surface area contributed by atoms with E-state index in [2.05, 4.69) is 0 Å². The van der Waals surface area contributed by atoms with Gasteiger partial charge in [0.2, 0.25) is 0 Å². The molecule has 0 aromatic heterocycles. The van der Waals surface area contributed by atoms with Crippen LogP contribution in [-0.4, -0.2) is 12.1 Å². The van der Waals surface area contributed by atoms with Crippen LogP contribution in [0.5, 0.6) is 0 Å². The summed E-state index contributed by atoms with van der Waals surface area (Å²) in [5.41, 5.74) is 5.85. The van der Waals surface area contributed by atoms with E-state index in [0.29, 0.717) is 0 Å². The van der Waals surface area contributed by atoms with E-state index in [9.17, 15) is 13.6 Å². The fourth-order valence-electron chi connectivity index (χ4n) is 1.99. The highest BCUT2D eigenvalue weighted by Crippen LogP contribution is 2.32. The summed E-state index contributed by atoms with van der Waals surface area (Å²) in [6.07, 6.45) is -0.314. The molecule has 3 nitrogen and oxygen atoms in total. The second-order valence-corrected chi connectivity index (χ2v) is 4.82. The van der Waals surface area contributed by atoms with Gasteiger partial charge in [0, 0.05) is 5.56 Å². The Bertz CT molecular complexity index is 664. The molecule has 0 amide bonds. The fourth-order valence-corrected chi connectivity index (χ4v) is 1.99. The molecule has 0 spiro atoms. The van der Waals surface area contributed by atoms with Crippen molar-refractivity contribution < 1.29 is 18.3 Å². The number of hydrogen-bond donors (Lipinski definition) is 1. The lowest BCUT2D eigenvalue weighted by atomic mass is 9.99. The molecule has 21 heavy (non-hydrogen) atoms. The molecule has 110 valence electrons. The molecule has 2 rings (SSSR count). The quantitative estimate of drug-likeness (QED) is 0.691. The Morgan fingerprint density at radius 3 is 2.24 bits per heavy atom. The van der Waals surface area contributed by atoms with Crippen LogP contribution < -0.4 is 5.73 Å². The van der Waals surface area contributed by atoms with Crippen molar-refractivity contribution in [2.75, 3.05) is 5.73 Å². The van der Waals surface area contributed by atoms with E-state index in [0.717, 1.165) is 12.1 Å². The number of nitrogen functional groups attached to an aromatic ring is 1. The molecule has 2 aromatic rings. The van der Waals surface area contributed by atoms with Crippen LogP contribution in [0.2, 0.25) is 0 Å². The summed E-state index contributed by atoms with van der Waals surface area (Å²) in [5.74, 6) is -2.10. The number of esters is 1. The van der Waals surface area contributed by atoms with E-state index >= 15 is 0 Å². The van der Waals surface area contributed by atoms with Gasteiger partial charge in [0.1, 0.15) is 11.6 Å². The van der Waals surface area contributed by atoms with Crippen molar-refractivity contribution in [1.29, 1.82) is 0 Å². The molecule has 0 aliphatic rings. The van der Waals surface area contributed by atoms with Crippen LogP contribution in [0.25, 0.3) is 11.1 Å². The number of ether oxygens (including phenoxy) is 1. The third-order valence-corrected chi connectivity index (χ3v) is 2.90. The highest BCUT2D eigenvalue weighted by atomic mass is 19.1. The molecule has 0 atom stereocenters. The van der Waals surface area contributed by atoms with Gasteiger partial charge in [-0.1, -0.05) is 18.2 Å². The Hall–Kier alpha value is -2.43. The molecule has 0 heterocycles. The minimum absolute atomic E-state index is 0.00727. The van der Waals surface area contributed by atoms with Crippen LogP contribution in [0.3, 0.4) is 0 Å². The average Bonchev–Trinajstić information content (AvgIpc) is 2.39. The van der Waals surface area contributed by atoms with Gasteiger partial charge in [0.15, 0.2) is 0 Å². The largest absolute Gasteiger partial charge is 0.459 e. The van der Waals surface area contributed by atoms with Crippen molar-refractivity contribution in [1.82, 2.24) is 0 Å². The third-order valence-electron chi connectivity index (χ3n) is 2.90. The normalized spacial score (nSPS) is 10.7. The zero-order valence-electron chi connectivity index (χ0n) is 11.7. The lowest BCUT2D eigenvalue weighted by Crippen LogP contribution is -2.14. The van der Waals surface area contributed by atoms with Crippen molar-refractivity contribution in [2.45, 2.75) is 20.0 Å². The molecule has 0 radical (unpaired) electrons. The number of para-hydroxylation sites is 1. The molecule has 2 aromatic carbocycles. The SMILES string of the molecule is CC(C)OC(=O)c1cccc(-c2c(F)cccc2F)c1N. The first kappa shape index (κ1) is 15.0. The Morgan fingerprint density at radius 2 is 1.67 bits per heavy atom. The Morgan fingerprint density at radius 1 is 1.10 bits per heavy atom. The second kappa shape index (κ2) is 5.91. The monoisotopic (exact) mass is 291 g/mol. The van der Waals surface area contributed by atoms with Gasteiger partial charge in [0.25, 0.3) is 0 Å². The first-order valence-electron chi connectivity index (χ1n) is 6.45. The molecule has 5 heteroatoms. The summed E-state index contributed by atoms with van der Waals surface area (Å²) in [7, 11) is 0. The molecule has 0 unspecified atom stereocenters. The Labute approximate surface area is 121 Å². The standard InChI is InChI=1S/C16H15F2NO2/c1-9(2)21-16(20)11-6-3-5-10(15(11)19)14-12(17)7-4-8-13(14)18/h3-9H,19H2,1-2H3. The van der Waals surface area contributed by atoms with Crippen molar-refractivity contribution in [3.63, 3.8) is 0 Å². The van der Waals surface area contributed by atoms with Crippen LogP contribution in [0.4, 0.5) is 14.5 Å². The van der Waals surface area contributed by atoms with Crippen LogP contribution in [-0.2, 0) is 4.74 Å². The minimum Gasteiger partial charge on any atom is -0.459 e. The zero-order chi connectivity index (χ0) is 15.6. The number of rotatable bonds is 3. The molecule has 0 aliphatic heterocycles. The van der Waals surface area contributed by atoms with Gasteiger partial charge in [-0.3, -0.25) is 0 Å². The predicted molar refractivity (Wildman–Crippen MR) is 76.8 cm³/mol. The highest BCUT2D eigenvalue weighted by Gasteiger charge is 2.19. The van der Waals surface area contributed by atoms with Crippen LogP contribution >= 0.6 is 0 Å². The van der Waals surface area contributed by atoms with Crippen LogP contribution in [0.1, 0.15) is 24.2 Å². The molecule has 0 saturated carbocycles. The predicted octanol–water partition coefficient (Wildman–Crippen LogP) is 3.78. The lowest BCUT2D eigenvalue weighted by Gasteiger charge is -2.13. The topological polar surface area (TPSA) is 52.3 Å².